The number of halogens is 2. The first-order valence-corrected chi connectivity index (χ1v) is 5.89. The van der Waals surface area contributed by atoms with Gasteiger partial charge in [0, 0.05) is 6.07 Å². The lowest BCUT2D eigenvalue weighted by Crippen LogP contribution is -2.12. The van der Waals surface area contributed by atoms with Crippen LogP contribution in [0.15, 0.2) is 28.8 Å². The van der Waals surface area contributed by atoms with Gasteiger partial charge in [-0.15, -0.1) is 0 Å². The first-order valence-electron chi connectivity index (χ1n) is 5.89. The molecule has 3 nitrogen and oxygen atoms in total. The Hall–Kier alpha value is -1.75. The first-order chi connectivity index (χ1) is 8.74. The van der Waals surface area contributed by atoms with Gasteiger partial charge in [0.15, 0.2) is 5.76 Å². The number of aromatic nitrogens is 1. The van der Waals surface area contributed by atoms with Crippen LogP contribution in [0.25, 0.3) is 11.3 Å². The minimum atomic E-state index is -0.515. The molecule has 0 aliphatic carbocycles. The fourth-order valence-corrected chi connectivity index (χ4v) is 2.20. The van der Waals surface area contributed by atoms with Gasteiger partial charge >= 0.3 is 0 Å². The van der Waals surface area contributed by atoms with Crippen molar-refractivity contribution in [3.8, 4) is 11.3 Å². The maximum atomic E-state index is 13.6. The summed E-state index contributed by atoms with van der Waals surface area (Å²) in [5.74, 6) is -0.752. The largest absolute Gasteiger partial charge is 0.356 e. The van der Waals surface area contributed by atoms with E-state index in [0.717, 1.165) is 43.3 Å². The van der Waals surface area contributed by atoms with E-state index in [2.05, 4.69) is 10.5 Å². The van der Waals surface area contributed by atoms with E-state index in [4.69, 9.17) is 4.52 Å². The summed E-state index contributed by atoms with van der Waals surface area (Å²) in [6, 6.07) is 5.09. The molecule has 3 rings (SSSR count). The van der Waals surface area contributed by atoms with Gasteiger partial charge in [0.1, 0.15) is 17.3 Å². The number of hydrogen-bond acceptors (Lipinski definition) is 3. The SMILES string of the molecule is Fc1ccc(F)c(-c2cc([C@H]3CCCN3)no2)c1. The van der Waals surface area contributed by atoms with E-state index in [1.54, 1.807) is 6.07 Å². The Labute approximate surface area is 103 Å². The zero-order valence-electron chi connectivity index (χ0n) is 9.62. The second-order valence-corrected chi connectivity index (χ2v) is 4.39. The smallest absolute Gasteiger partial charge is 0.170 e. The number of nitrogens with zero attached hydrogens (tertiary/aromatic N) is 1. The molecule has 1 N–H and O–H groups in total. The topological polar surface area (TPSA) is 38.1 Å². The Bertz CT molecular complexity index is 562. The first kappa shape index (κ1) is 11.3. The van der Waals surface area contributed by atoms with Crippen molar-refractivity contribution in [1.82, 2.24) is 10.5 Å². The Morgan fingerprint density at radius 2 is 2.17 bits per heavy atom. The quantitative estimate of drug-likeness (QED) is 0.890. The van der Waals surface area contributed by atoms with Crippen LogP contribution in [-0.4, -0.2) is 11.7 Å². The summed E-state index contributed by atoms with van der Waals surface area (Å²) in [7, 11) is 0. The van der Waals surface area contributed by atoms with Crippen LogP contribution in [0.1, 0.15) is 24.6 Å². The maximum Gasteiger partial charge on any atom is 0.170 e. The molecule has 1 saturated heterocycles. The van der Waals surface area contributed by atoms with E-state index in [9.17, 15) is 8.78 Å². The summed E-state index contributed by atoms with van der Waals surface area (Å²) in [5, 5.41) is 7.19. The van der Waals surface area contributed by atoms with Crippen molar-refractivity contribution >= 4 is 0 Å². The zero-order chi connectivity index (χ0) is 12.5. The lowest BCUT2D eigenvalue weighted by molar-refractivity contribution is 0.410. The van der Waals surface area contributed by atoms with Crippen molar-refractivity contribution in [2.45, 2.75) is 18.9 Å². The van der Waals surface area contributed by atoms with E-state index in [1.807, 2.05) is 0 Å². The predicted octanol–water partition coefficient (Wildman–Crippen LogP) is 3.04. The van der Waals surface area contributed by atoms with Gasteiger partial charge in [0.05, 0.1) is 11.6 Å². The summed E-state index contributed by atoms with van der Waals surface area (Å²) in [5.41, 5.74) is 0.845. The molecular weight excluding hydrogens is 238 g/mol. The van der Waals surface area contributed by atoms with Gasteiger partial charge in [-0.2, -0.15) is 0 Å². The Balaban J connectivity index is 1.94. The molecular formula is C13H12F2N2O. The predicted molar refractivity (Wildman–Crippen MR) is 61.8 cm³/mol. The highest BCUT2D eigenvalue weighted by atomic mass is 19.1. The van der Waals surface area contributed by atoms with E-state index in [1.165, 1.54) is 0 Å². The third kappa shape index (κ3) is 2.01. The maximum absolute atomic E-state index is 13.6. The van der Waals surface area contributed by atoms with Crippen LogP contribution in [-0.2, 0) is 0 Å². The highest BCUT2D eigenvalue weighted by Gasteiger charge is 2.21. The van der Waals surface area contributed by atoms with Crippen molar-refractivity contribution in [2.75, 3.05) is 6.54 Å². The molecule has 1 aliphatic rings. The van der Waals surface area contributed by atoms with E-state index >= 15 is 0 Å². The van der Waals surface area contributed by atoms with Crippen molar-refractivity contribution in [3.05, 3.63) is 41.6 Å². The summed E-state index contributed by atoms with van der Waals surface area (Å²) in [6.07, 6.45) is 2.07. The fraction of sp³-hybridized carbons (Fsp3) is 0.308. The molecule has 0 spiro atoms. The monoisotopic (exact) mass is 250 g/mol. The molecule has 1 aromatic heterocycles. The molecule has 18 heavy (non-hydrogen) atoms. The molecule has 1 aliphatic heterocycles. The Morgan fingerprint density at radius 3 is 2.94 bits per heavy atom. The van der Waals surface area contributed by atoms with Crippen LogP contribution in [0.5, 0.6) is 0 Å². The van der Waals surface area contributed by atoms with Crippen molar-refractivity contribution in [1.29, 1.82) is 0 Å². The molecule has 0 bridgehead atoms. The fourth-order valence-electron chi connectivity index (χ4n) is 2.20. The van der Waals surface area contributed by atoms with E-state index < -0.39 is 11.6 Å². The normalized spacial score (nSPS) is 19.3. The molecule has 0 unspecified atom stereocenters. The van der Waals surface area contributed by atoms with Gasteiger partial charge in [-0.1, -0.05) is 5.16 Å². The van der Waals surface area contributed by atoms with Gasteiger partial charge < -0.3 is 9.84 Å². The highest BCUT2D eigenvalue weighted by Crippen LogP contribution is 2.29. The van der Waals surface area contributed by atoms with Crippen LogP contribution < -0.4 is 5.32 Å². The summed E-state index contributed by atoms with van der Waals surface area (Å²) in [6.45, 7) is 0.946. The zero-order valence-corrected chi connectivity index (χ0v) is 9.62. The third-order valence-corrected chi connectivity index (χ3v) is 3.14. The van der Waals surface area contributed by atoms with Gasteiger partial charge in [-0.25, -0.2) is 8.78 Å². The van der Waals surface area contributed by atoms with E-state index in [-0.39, 0.29) is 17.4 Å². The van der Waals surface area contributed by atoms with Crippen molar-refractivity contribution in [2.24, 2.45) is 0 Å². The number of benzene rings is 1. The molecule has 94 valence electrons. The van der Waals surface area contributed by atoms with Crippen LogP contribution in [0.3, 0.4) is 0 Å². The van der Waals surface area contributed by atoms with Gasteiger partial charge in [0.2, 0.25) is 0 Å². The van der Waals surface area contributed by atoms with E-state index in [0.29, 0.717) is 0 Å². The molecule has 0 saturated carbocycles. The lowest BCUT2D eigenvalue weighted by atomic mass is 10.1. The second-order valence-electron chi connectivity index (χ2n) is 4.39. The molecule has 0 radical (unpaired) electrons. The molecule has 5 heteroatoms. The van der Waals surface area contributed by atoms with Crippen LogP contribution in [0.2, 0.25) is 0 Å². The highest BCUT2D eigenvalue weighted by molar-refractivity contribution is 5.58. The Kier molecular flexibility index (Phi) is 2.83. The summed E-state index contributed by atoms with van der Waals surface area (Å²) < 4.78 is 31.8. The van der Waals surface area contributed by atoms with Gasteiger partial charge in [0.25, 0.3) is 0 Å². The van der Waals surface area contributed by atoms with Gasteiger partial charge in [-0.3, -0.25) is 0 Å². The average molecular weight is 250 g/mol. The lowest BCUT2D eigenvalue weighted by Gasteiger charge is -2.03. The Morgan fingerprint density at radius 1 is 1.28 bits per heavy atom. The standard InChI is InChI=1S/C13H12F2N2O/c14-8-3-4-10(15)9(6-8)13-7-12(17-18-13)11-2-1-5-16-11/h3-4,6-7,11,16H,1-2,5H2/t11-/m1/s1. The molecule has 2 aromatic rings. The number of hydrogen-bond donors (Lipinski definition) is 1. The molecule has 1 atom stereocenters. The summed E-state index contributed by atoms with van der Waals surface area (Å²) >= 11 is 0. The van der Waals surface area contributed by atoms with Crippen LogP contribution >= 0.6 is 0 Å². The molecule has 1 fully saturated rings. The minimum absolute atomic E-state index is 0.103. The van der Waals surface area contributed by atoms with Crippen LogP contribution in [0, 0.1) is 11.6 Å². The summed E-state index contributed by atoms with van der Waals surface area (Å²) in [4.78, 5) is 0. The molecule has 0 amide bonds. The third-order valence-electron chi connectivity index (χ3n) is 3.14. The van der Waals surface area contributed by atoms with Gasteiger partial charge in [-0.05, 0) is 37.6 Å². The van der Waals surface area contributed by atoms with Crippen molar-refractivity contribution < 1.29 is 13.3 Å². The minimum Gasteiger partial charge on any atom is -0.356 e. The molecule has 2 heterocycles. The number of nitrogens with one attached hydrogen (secondary N) is 1. The molecule has 1 aromatic carbocycles. The average Bonchev–Trinajstić information content (AvgIpc) is 3.00. The number of rotatable bonds is 2. The van der Waals surface area contributed by atoms with Crippen molar-refractivity contribution in [3.63, 3.8) is 0 Å². The van der Waals surface area contributed by atoms with Crippen LogP contribution in [0.4, 0.5) is 8.78 Å². The second kappa shape index (κ2) is 4.49.